The maximum absolute atomic E-state index is 6.10. The van der Waals surface area contributed by atoms with Crippen LogP contribution in [0.5, 0.6) is 0 Å². The van der Waals surface area contributed by atoms with Crippen LogP contribution in [0.15, 0.2) is 46.2 Å². The normalized spacial score (nSPS) is 10.9. The second-order valence-corrected chi connectivity index (χ2v) is 6.97. The molecule has 21 heavy (non-hydrogen) atoms. The van der Waals surface area contributed by atoms with Gasteiger partial charge in [0.2, 0.25) is 0 Å². The molecular weight excluding hydrogens is 345 g/mol. The summed E-state index contributed by atoms with van der Waals surface area (Å²) < 4.78 is 0. The Morgan fingerprint density at radius 3 is 2.52 bits per heavy atom. The lowest BCUT2D eigenvalue weighted by Gasteiger charge is -2.11. The van der Waals surface area contributed by atoms with E-state index < -0.39 is 0 Å². The first kappa shape index (κ1) is 17.0. The molecule has 5 heteroatoms. The zero-order chi connectivity index (χ0) is 15.2. The van der Waals surface area contributed by atoms with Crippen LogP contribution < -0.4 is 5.32 Å². The number of rotatable bonds is 6. The standard InChI is InChI=1S/C16H16Cl3NS/c1-2-7-20-10-11-8-12(17)3-6-16(11)21-13-4-5-14(18)15(19)9-13/h3-6,8-9,20H,2,7,10H2,1H3. The summed E-state index contributed by atoms with van der Waals surface area (Å²) in [7, 11) is 0. The van der Waals surface area contributed by atoms with E-state index in [-0.39, 0.29) is 0 Å². The Labute approximate surface area is 145 Å². The third-order valence-corrected chi connectivity index (χ3v) is 4.97. The van der Waals surface area contributed by atoms with Crippen molar-refractivity contribution in [2.24, 2.45) is 0 Å². The molecule has 0 heterocycles. The highest BCUT2D eigenvalue weighted by molar-refractivity contribution is 7.99. The molecule has 1 N–H and O–H groups in total. The summed E-state index contributed by atoms with van der Waals surface area (Å²) >= 11 is 19.8. The average Bonchev–Trinajstić information content (AvgIpc) is 2.46. The largest absolute Gasteiger partial charge is 0.313 e. The van der Waals surface area contributed by atoms with Crippen molar-refractivity contribution >= 4 is 46.6 Å². The van der Waals surface area contributed by atoms with E-state index in [1.165, 1.54) is 10.5 Å². The van der Waals surface area contributed by atoms with Crippen molar-refractivity contribution in [1.29, 1.82) is 0 Å². The Hall–Kier alpha value is -0.380. The maximum Gasteiger partial charge on any atom is 0.0603 e. The molecule has 0 saturated heterocycles. The average molecular weight is 361 g/mol. The molecular formula is C16H16Cl3NS. The second-order valence-electron chi connectivity index (χ2n) is 4.61. The van der Waals surface area contributed by atoms with E-state index in [4.69, 9.17) is 34.8 Å². The Morgan fingerprint density at radius 2 is 1.81 bits per heavy atom. The summed E-state index contributed by atoms with van der Waals surface area (Å²) in [6, 6.07) is 11.6. The van der Waals surface area contributed by atoms with E-state index >= 15 is 0 Å². The van der Waals surface area contributed by atoms with Gasteiger partial charge in [-0.25, -0.2) is 0 Å². The third-order valence-electron chi connectivity index (χ3n) is 2.88. The number of benzene rings is 2. The van der Waals surface area contributed by atoms with Gasteiger partial charge in [-0.3, -0.25) is 0 Å². The first-order chi connectivity index (χ1) is 10.1. The zero-order valence-corrected chi connectivity index (χ0v) is 14.7. The number of nitrogens with one attached hydrogen (secondary N) is 1. The topological polar surface area (TPSA) is 12.0 Å². The summed E-state index contributed by atoms with van der Waals surface area (Å²) in [6.07, 6.45) is 1.11. The van der Waals surface area contributed by atoms with Crippen molar-refractivity contribution in [2.45, 2.75) is 29.7 Å². The second kappa shape index (κ2) is 8.30. The quantitative estimate of drug-likeness (QED) is 0.607. The Morgan fingerprint density at radius 1 is 1.00 bits per heavy atom. The van der Waals surface area contributed by atoms with Gasteiger partial charge in [-0.1, -0.05) is 53.5 Å². The molecule has 0 saturated carbocycles. The minimum atomic E-state index is 0.571. The summed E-state index contributed by atoms with van der Waals surface area (Å²) in [6.45, 7) is 3.94. The fourth-order valence-corrected chi connectivity index (χ4v) is 3.38. The van der Waals surface area contributed by atoms with E-state index in [1.807, 2.05) is 36.4 Å². The van der Waals surface area contributed by atoms with Crippen LogP contribution >= 0.6 is 46.6 Å². The van der Waals surface area contributed by atoms with E-state index in [9.17, 15) is 0 Å². The van der Waals surface area contributed by atoms with E-state index in [2.05, 4.69) is 12.2 Å². The van der Waals surface area contributed by atoms with Crippen LogP contribution in [-0.4, -0.2) is 6.54 Å². The Kier molecular flexibility index (Phi) is 6.72. The molecule has 0 aliphatic rings. The molecule has 0 atom stereocenters. The van der Waals surface area contributed by atoms with Gasteiger partial charge >= 0.3 is 0 Å². The highest BCUT2D eigenvalue weighted by Crippen LogP contribution is 2.35. The molecule has 2 aromatic rings. The first-order valence-electron chi connectivity index (χ1n) is 6.72. The molecule has 0 unspecified atom stereocenters. The molecule has 0 spiro atoms. The molecule has 0 aliphatic carbocycles. The smallest absolute Gasteiger partial charge is 0.0603 e. The molecule has 0 bridgehead atoms. The Bertz CT molecular complexity index is 616. The predicted octanol–water partition coefficient (Wildman–Crippen LogP) is 6.30. The highest BCUT2D eigenvalue weighted by atomic mass is 35.5. The SMILES string of the molecule is CCCNCc1cc(Cl)ccc1Sc1ccc(Cl)c(Cl)c1. The van der Waals surface area contributed by atoms with Gasteiger partial charge in [0.15, 0.2) is 0 Å². The van der Waals surface area contributed by atoms with Crippen molar-refractivity contribution in [3.8, 4) is 0 Å². The lowest BCUT2D eigenvalue weighted by molar-refractivity contribution is 0.669. The van der Waals surface area contributed by atoms with Crippen LogP contribution in [0, 0.1) is 0 Å². The molecule has 2 aromatic carbocycles. The van der Waals surface area contributed by atoms with Crippen molar-refractivity contribution in [1.82, 2.24) is 5.32 Å². The molecule has 0 radical (unpaired) electrons. The molecule has 1 nitrogen and oxygen atoms in total. The fraction of sp³-hybridized carbons (Fsp3) is 0.250. The van der Waals surface area contributed by atoms with Gasteiger partial charge in [-0.2, -0.15) is 0 Å². The van der Waals surface area contributed by atoms with Crippen LogP contribution in [0.2, 0.25) is 15.1 Å². The van der Waals surface area contributed by atoms with Crippen molar-refractivity contribution in [3.63, 3.8) is 0 Å². The van der Waals surface area contributed by atoms with Crippen LogP contribution in [0.3, 0.4) is 0 Å². The maximum atomic E-state index is 6.10. The van der Waals surface area contributed by atoms with E-state index in [0.29, 0.717) is 10.0 Å². The summed E-state index contributed by atoms with van der Waals surface area (Å²) in [5, 5.41) is 5.30. The minimum Gasteiger partial charge on any atom is -0.313 e. The monoisotopic (exact) mass is 359 g/mol. The van der Waals surface area contributed by atoms with Crippen LogP contribution in [0.1, 0.15) is 18.9 Å². The van der Waals surface area contributed by atoms with Gasteiger partial charge in [0.1, 0.15) is 0 Å². The molecule has 0 aromatic heterocycles. The molecule has 0 amide bonds. The van der Waals surface area contributed by atoms with Gasteiger partial charge in [0.05, 0.1) is 10.0 Å². The highest BCUT2D eigenvalue weighted by Gasteiger charge is 2.07. The van der Waals surface area contributed by atoms with Gasteiger partial charge in [0, 0.05) is 21.4 Å². The first-order valence-corrected chi connectivity index (χ1v) is 8.67. The molecule has 0 aliphatic heterocycles. The van der Waals surface area contributed by atoms with Crippen LogP contribution in [0.25, 0.3) is 0 Å². The zero-order valence-electron chi connectivity index (χ0n) is 11.6. The Balaban J connectivity index is 2.19. The van der Waals surface area contributed by atoms with Gasteiger partial charge in [0.25, 0.3) is 0 Å². The van der Waals surface area contributed by atoms with Gasteiger partial charge in [-0.15, -0.1) is 0 Å². The van der Waals surface area contributed by atoms with Gasteiger partial charge < -0.3 is 5.32 Å². The lowest BCUT2D eigenvalue weighted by Crippen LogP contribution is -2.14. The lowest BCUT2D eigenvalue weighted by atomic mass is 10.2. The molecule has 2 rings (SSSR count). The van der Waals surface area contributed by atoms with Gasteiger partial charge in [-0.05, 0) is 54.9 Å². The van der Waals surface area contributed by atoms with E-state index in [0.717, 1.165) is 29.4 Å². The van der Waals surface area contributed by atoms with Crippen molar-refractivity contribution in [3.05, 3.63) is 57.0 Å². The fourth-order valence-electron chi connectivity index (χ4n) is 1.85. The van der Waals surface area contributed by atoms with Crippen LogP contribution in [-0.2, 0) is 6.54 Å². The number of hydrogen-bond donors (Lipinski definition) is 1. The molecule has 112 valence electrons. The third kappa shape index (κ3) is 5.08. The summed E-state index contributed by atoms with van der Waals surface area (Å²) in [5.74, 6) is 0. The molecule has 0 fully saturated rings. The predicted molar refractivity (Wildman–Crippen MR) is 94.0 cm³/mol. The van der Waals surface area contributed by atoms with Crippen molar-refractivity contribution < 1.29 is 0 Å². The van der Waals surface area contributed by atoms with Crippen molar-refractivity contribution in [2.75, 3.05) is 6.54 Å². The number of halogens is 3. The number of hydrogen-bond acceptors (Lipinski definition) is 2. The van der Waals surface area contributed by atoms with Crippen LogP contribution in [0.4, 0.5) is 0 Å². The van der Waals surface area contributed by atoms with E-state index in [1.54, 1.807) is 11.8 Å². The summed E-state index contributed by atoms with van der Waals surface area (Å²) in [5.41, 5.74) is 1.19. The summed E-state index contributed by atoms with van der Waals surface area (Å²) in [4.78, 5) is 2.23. The minimum absolute atomic E-state index is 0.571.